The average Bonchev–Trinajstić information content (AvgIpc) is 3.11. The van der Waals surface area contributed by atoms with Gasteiger partial charge in [-0.2, -0.15) is 0 Å². The van der Waals surface area contributed by atoms with Crippen molar-refractivity contribution in [1.82, 2.24) is 5.32 Å². The number of rotatable bonds is 7. The SMILES string of the molecule is NS(=O)(=O)c1cc(C(=O)OCC(=O)NCC(=O)Nc2ccc(F)c(F)c2)cs1. The van der Waals surface area contributed by atoms with Crippen molar-refractivity contribution in [3.63, 3.8) is 0 Å². The monoisotopic (exact) mass is 433 g/mol. The van der Waals surface area contributed by atoms with E-state index in [0.29, 0.717) is 0 Å². The number of sulfonamides is 1. The van der Waals surface area contributed by atoms with Crippen LogP contribution >= 0.6 is 11.3 Å². The lowest BCUT2D eigenvalue weighted by Gasteiger charge is -2.07. The Balaban J connectivity index is 1.77. The summed E-state index contributed by atoms with van der Waals surface area (Å²) in [6, 6.07) is 3.74. The molecule has 1 aromatic carbocycles. The van der Waals surface area contributed by atoms with E-state index in [1.165, 1.54) is 5.38 Å². The lowest BCUT2D eigenvalue weighted by molar-refractivity contribution is -0.126. The molecule has 0 saturated carbocycles. The molecule has 9 nitrogen and oxygen atoms in total. The second kappa shape index (κ2) is 8.86. The topological polar surface area (TPSA) is 145 Å². The summed E-state index contributed by atoms with van der Waals surface area (Å²) in [5.74, 6) is -4.70. The van der Waals surface area contributed by atoms with Crippen molar-refractivity contribution in [2.45, 2.75) is 4.21 Å². The van der Waals surface area contributed by atoms with E-state index in [0.717, 1.165) is 35.6 Å². The van der Waals surface area contributed by atoms with E-state index in [2.05, 4.69) is 10.6 Å². The van der Waals surface area contributed by atoms with E-state index in [-0.39, 0.29) is 15.5 Å². The molecule has 0 radical (unpaired) electrons. The van der Waals surface area contributed by atoms with Gasteiger partial charge in [-0.3, -0.25) is 9.59 Å². The van der Waals surface area contributed by atoms with E-state index in [9.17, 15) is 31.6 Å². The number of primary sulfonamides is 1. The minimum absolute atomic E-state index is 0.00676. The highest BCUT2D eigenvalue weighted by Crippen LogP contribution is 2.19. The minimum Gasteiger partial charge on any atom is -0.452 e. The molecule has 1 heterocycles. The second-order valence-corrected chi connectivity index (χ2v) is 7.93. The molecule has 2 rings (SSSR count). The van der Waals surface area contributed by atoms with Gasteiger partial charge < -0.3 is 15.4 Å². The number of nitrogens with one attached hydrogen (secondary N) is 2. The number of esters is 1. The Morgan fingerprint density at radius 2 is 1.82 bits per heavy atom. The minimum atomic E-state index is -3.95. The second-order valence-electron chi connectivity index (χ2n) is 5.23. The standard InChI is InChI=1S/C15H13F2N3O6S2/c16-10-2-1-9(4-11(10)17)20-12(21)5-19-13(22)6-26-15(23)8-3-14(27-7-8)28(18,24)25/h1-4,7H,5-6H2,(H,19,22)(H,20,21)(H2,18,24,25). The first-order valence-corrected chi connectivity index (χ1v) is 9.79. The summed E-state index contributed by atoms with van der Waals surface area (Å²) in [6.07, 6.45) is 0. The molecule has 0 aliphatic heterocycles. The first-order chi connectivity index (χ1) is 13.1. The summed E-state index contributed by atoms with van der Waals surface area (Å²) < 4.78 is 52.6. The Morgan fingerprint density at radius 1 is 1.11 bits per heavy atom. The number of ether oxygens (including phenoxy) is 1. The van der Waals surface area contributed by atoms with Gasteiger partial charge in [-0.05, 0) is 18.2 Å². The highest BCUT2D eigenvalue weighted by Gasteiger charge is 2.17. The fourth-order valence-corrected chi connectivity index (χ4v) is 3.37. The van der Waals surface area contributed by atoms with Gasteiger partial charge in [0.15, 0.2) is 18.2 Å². The van der Waals surface area contributed by atoms with Crippen LogP contribution in [-0.4, -0.2) is 39.4 Å². The van der Waals surface area contributed by atoms with Crippen LogP contribution in [0.25, 0.3) is 0 Å². The van der Waals surface area contributed by atoms with Gasteiger partial charge in [-0.15, -0.1) is 11.3 Å². The molecule has 0 unspecified atom stereocenters. The van der Waals surface area contributed by atoms with Crippen molar-refractivity contribution in [2.75, 3.05) is 18.5 Å². The summed E-state index contributed by atoms with van der Waals surface area (Å²) >= 11 is 0.719. The van der Waals surface area contributed by atoms with Gasteiger partial charge in [0.1, 0.15) is 4.21 Å². The normalized spacial score (nSPS) is 11.0. The van der Waals surface area contributed by atoms with Crippen molar-refractivity contribution in [1.29, 1.82) is 0 Å². The Hall–Kier alpha value is -2.90. The van der Waals surface area contributed by atoms with Crippen LogP contribution in [0.15, 0.2) is 33.9 Å². The number of benzene rings is 1. The molecule has 0 aliphatic carbocycles. The highest BCUT2D eigenvalue weighted by molar-refractivity contribution is 7.91. The Labute approximate surface area is 161 Å². The summed E-state index contributed by atoms with van der Waals surface area (Å²) in [4.78, 5) is 35.0. The number of hydrogen-bond acceptors (Lipinski definition) is 7. The Morgan fingerprint density at radius 3 is 2.43 bits per heavy atom. The lowest BCUT2D eigenvalue weighted by atomic mass is 10.3. The van der Waals surface area contributed by atoms with Gasteiger partial charge >= 0.3 is 5.97 Å². The van der Waals surface area contributed by atoms with Crippen LogP contribution in [0.3, 0.4) is 0 Å². The largest absolute Gasteiger partial charge is 0.452 e. The number of thiophene rings is 1. The molecule has 0 bridgehead atoms. The summed E-state index contributed by atoms with van der Waals surface area (Å²) in [5, 5.41) is 10.5. The summed E-state index contributed by atoms with van der Waals surface area (Å²) in [5.41, 5.74) is -0.106. The van der Waals surface area contributed by atoms with Crippen molar-refractivity contribution in [3.8, 4) is 0 Å². The molecule has 0 spiro atoms. The number of halogens is 2. The predicted molar refractivity (Wildman–Crippen MR) is 94.0 cm³/mol. The van der Waals surface area contributed by atoms with Crippen LogP contribution in [0.2, 0.25) is 0 Å². The average molecular weight is 433 g/mol. The van der Waals surface area contributed by atoms with E-state index in [4.69, 9.17) is 9.88 Å². The molecule has 0 atom stereocenters. The van der Waals surface area contributed by atoms with Gasteiger partial charge in [0.2, 0.25) is 15.9 Å². The first-order valence-electron chi connectivity index (χ1n) is 7.36. The number of anilines is 1. The molecule has 0 aliphatic rings. The molecule has 1 aromatic heterocycles. The van der Waals surface area contributed by atoms with Gasteiger partial charge in [-0.1, -0.05) is 0 Å². The number of amides is 2. The fourth-order valence-electron chi connectivity index (χ4n) is 1.80. The maximum Gasteiger partial charge on any atom is 0.339 e. The zero-order valence-electron chi connectivity index (χ0n) is 13.9. The third-order valence-corrected chi connectivity index (χ3v) is 5.46. The van der Waals surface area contributed by atoms with Crippen molar-refractivity contribution in [3.05, 3.63) is 46.8 Å². The molecule has 28 heavy (non-hydrogen) atoms. The van der Waals surface area contributed by atoms with Gasteiger partial charge in [0, 0.05) is 17.1 Å². The van der Waals surface area contributed by atoms with Crippen LogP contribution in [0, 0.1) is 11.6 Å². The Kier molecular flexibility index (Phi) is 6.77. The van der Waals surface area contributed by atoms with Gasteiger partial charge in [0.05, 0.1) is 12.1 Å². The molecular formula is C15H13F2N3O6S2. The van der Waals surface area contributed by atoms with Crippen molar-refractivity contribution >= 4 is 44.8 Å². The molecule has 4 N–H and O–H groups in total. The summed E-state index contributed by atoms with van der Waals surface area (Å²) in [6.45, 7) is -1.23. The van der Waals surface area contributed by atoms with E-state index >= 15 is 0 Å². The number of carbonyl (C=O) groups is 3. The maximum absolute atomic E-state index is 13.0. The molecule has 0 fully saturated rings. The third kappa shape index (κ3) is 6.07. The highest BCUT2D eigenvalue weighted by atomic mass is 32.2. The molecular weight excluding hydrogens is 420 g/mol. The quantitative estimate of drug-likeness (QED) is 0.545. The van der Waals surface area contributed by atoms with Crippen LogP contribution < -0.4 is 15.8 Å². The van der Waals surface area contributed by atoms with Gasteiger partial charge in [0.25, 0.3) is 5.91 Å². The lowest BCUT2D eigenvalue weighted by Crippen LogP contribution is -2.35. The van der Waals surface area contributed by atoms with Crippen molar-refractivity contribution in [2.24, 2.45) is 5.14 Å². The zero-order chi connectivity index (χ0) is 20.9. The number of hydrogen-bond donors (Lipinski definition) is 3. The van der Waals surface area contributed by atoms with Gasteiger partial charge in [-0.25, -0.2) is 27.1 Å². The number of nitrogens with two attached hydrogens (primary N) is 1. The third-order valence-electron chi connectivity index (χ3n) is 3.08. The molecule has 2 amide bonds. The predicted octanol–water partition coefficient (Wildman–Crippen LogP) is 0.585. The van der Waals surface area contributed by atoms with Crippen LogP contribution in [0.1, 0.15) is 10.4 Å². The molecule has 13 heteroatoms. The molecule has 2 aromatic rings. The Bertz CT molecular complexity index is 1020. The van der Waals surface area contributed by atoms with Crippen LogP contribution in [0.4, 0.5) is 14.5 Å². The zero-order valence-corrected chi connectivity index (χ0v) is 15.5. The summed E-state index contributed by atoms with van der Waals surface area (Å²) in [7, 11) is -3.95. The van der Waals surface area contributed by atoms with E-state index in [1.807, 2.05) is 0 Å². The van der Waals surface area contributed by atoms with E-state index < -0.39 is 52.6 Å². The first kappa shape index (κ1) is 21.4. The molecule has 150 valence electrons. The van der Waals surface area contributed by atoms with E-state index in [1.54, 1.807) is 0 Å². The van der Waals surface area contributed by atoms with Crippen LogP contribution in [-0.2, 0) is 24.3 Å². The number of carbonyl (C=O) groups excluding carboxylic acids is 3. The molecule has 0 saturated heterocycles. The fraction of sp³-hybridized carbons (Fsp3) is 0.133. The van der Waals surface area contributed by atoms with Crippen molar-refractivity contribution < 1.29 is 36.3 Å². The smallest absolute Gasteiger partial charge is 0.339 e. The maximum atomic E-state index is 13.0. The van der Waals surface area contributed by atoms with Crippen LogP contribution in [0.5, 0.6) is 0 Å².